The number of nitrogens with one attached hydrogen (secondary N) is 1. The quantitative estimate of drug-likeness (QED) is 0.295. The van der Waals surface area contributed by atoms with Crippen LogP contribution in [0.1, 0.15) is 23.0 Å². The van der Waals surface area contributed by atoms with E-state index in [0.717, 1.165) is 13.4 Å². The van der Waals surface area contributed by atoms with E-state index in [1.165, 1.54) is 36.7 Å². The molecule has 1 aromatic carbocycles. The summed E-state index contributed by atoms with van der Waals surface area (Å²) in [6, 6.07) is 11.0. The summed E-state index contributed by atoms with van der Waals surface area (Å²) in [4.78, 5) is 40.5. The van der Waals surface area contributed by atoms with Crippen LogP contribution in [-0.2, 0) is 23.8 Å². The van der Waals surface area contributed by atoms with Gasteiger partial charge in [0.15, 0.2) is 5.70 Å². The van der Waals surface area contributed by atoms with E-state index < -0.39 is 17.9 Å². The van der Waals surface area contributed by atoms with Crippen LogP contribution in [0.5, 0.6) is 0 Å². The van der Waals surface area contributed by atoms with E-state index >= 15 is 0 Å². The zero-order valence-corrected chi connectivity index (χ0v) is 17.0. The standard InChI is InChI=1S/C21H19ClN2O6/c1-3-29-20(26)16(17-6-4-5-11-23-17)12-24-18(21(27)28-2)13-30-19(25)14-7-9-15(22)10-8-14/h4-13,24H,3H2,1-2H3/b16-12+,18-13-. The first kappa shape index (κ1) is 22.6. The molecule has 0 radical (unpaired) electrons. The molecule has 9 heteroatoms. The van der Waals surface area contributed by atoms with Crippen LogP contribution in [0.4, 0.5) is 0 Å². The molecule has 0 spiro atoms. The Labute approximate surface area is 178 Å². The number of carbonyl (C=O) groups excluding carboxylic acids is 3. The van der Waals surface area contributed by atoms with E-state index in [1.54, 1.807) is 25.1 Å². The summed E-state index contributed by atoms with van der Waals surface area (Å²) in [6.07, 6.45) is 3.62. The Bertz CT molecular complexity index is 955. The highest BCUT2D eigenvalue weighted by Gasteiger charge is 2.17. The number of aromatic nitrogens is 1. The van der Waals surface area contributed by atoms with E-state index in [-0.39, 0.29) is 23.4 Å². The number of carbonyl (C=O) groups is 3. The number of rotatable bonds is 8. The molecule has 2 rings (SSSR count). The third kappa shape index (κ3) is 6.46. The summed E-state index contributed by atoms with van der Waals surface area (Å²) < 4.78 is 14.7. The molecule has 0 bridgehead atoms. The van der Waals surface area contributed by atoms with Crippen LogP contribution in [0.15, 0.2) is 66.8 Å². The maximum Gasteiger partial charge on any atom is 0.357 e. The van der Waals surface area contributed by atoms with Crippen molar-refractivity contribution in [2.24, 2.45) is 0 Å². The van der Waals surface area contributed by atoms with Crippen molar-refractivity contribution in [2.45, 2.75) is 6.92 Å². The normalized spacial score (nSPS) is 11.4. The second-order valence-electron chi connectivity index (χ2n) is 5.57. The van der Waals surface area contributed by atoms with Gasteiger partial charge in [-0.3, -0.25) is 4.98 Å². The van der Waals surface area contributed by atoms with Crippen LogP contribution in [0, 0.1) is 0 Å². The van der Waals surface area contributed by atoms with Crippen LogP contribution < -0.4 is 5.32 Å². The third-order valence-corrected chi connectivity index (χ3v) is 3.83. The molecule has 8 nitrogen and oxygen atoms in total. The largest absolute Gasteiger partial charge is 0.464 e. The molecular formula is C21H19ClN2O6. The molecule has 1 N–H and O–H groups in total. The number of halogens is 1. The molecule has 0 amide bonds. The van der Waals surface area contributed by atoms with Gasteiger partial charge in [-0.25, -0.2) is 14.4 Å². The predicted octanol–water partition coefficient (Wildman–Crippen LogP) is 3.10. The van der Waals surface area contributed by atoms with Gasteiger partial charge in [0.05, 0.1) is 25.0 Å². The van der Waals surface area contributed by atoms with Crippen molar-refractivity contribution in [3.05, 3.63) is 83.1 Å². The van der Waals surface area contributed by atoms with E-state index in [4.69, 9.17) is 21.1 Å². The number of esters is 3. The highest BCUT2D eigenvalue weighted by molar-refractivity contribution is 6.30. The molecule has 2 aromatic rings. The van der Waals surface area contributed by atoms with E-state index in [0.29, 0.717) is 10.7 Å². The maximum absolute atomic E-state index is 12.3. The Morgan fingerprint density at radius 1 is 1.10 bits per heavy atom. The van der Waals surface area contributed by atoms with Crippen molar-refractivity contribution < 1.29 is 28.6 Å². The molecule has 0 unspecified atom stereocenters. The molecule has 0 fully saturated rings. The first-order chi connectivity index (χ1) is 14.5. The molecule has 0 saturated carbocycles. The molecule has 30 heavy (non-hydrogen) atoms. The fraction of sp³-hybridized carbons (Fsp3) is 0.143. The third-order valence-electron chi connectivity index (χ3n) is 3.58. The lowest BCUT2D eigenvalue weighted by molar-refractivity contribution is -0.137. The number of methoxy groups -OCH3 is 1. The Kier molecular flexibility index (Phi) is 8.58. The Hall–Kier alpha value is -3.65. The van der Waals surface area contributed by atoms with Crippen molar-refractivity contribution in [1.82, 2.24) is 10.3 Å². The molecule has 0 saturated heterocycles. The summed E-state index contributed by atoms with van der Waals surface area (Å²) in [6.45, 7) is 1.82. The van der Waals surface area contributed by atoms with Crippen molar-refractivity contribution in [1.29, 1.82) is 0 Å². The average molecular weight is 431 g/mol. The van der Waals surface area contributed by atoms with Gasteiger partial charge in [-0.1, -0.05) is 17.7 Å². The van der Waals surface area contributed by atoms with Crippen LogP contribution >= 0.6 is 11.6 Å². The second-order valence-corrected chi connectivity index (χ2v) is 6.01. The van der Waals surface area contributed by atoms with Gasteiger partial charge in [0.2, 0.25) is 0 Å². The fourth-order valence-electron chi connectivity index (χ4n) is 2.14. The highest BCUT2D eigenvalue weighted by atomic mass is 35.5. The zero-order chi connectivity index (χ0) is 21.9. The molecule has 0 aliphatic rings. The molecular weight excluding hydrogens is 412 g/mol. The summed E-state index contributed by atoms with van der Waals surface area (Å²) >= 11 is 5.79. The van der Waals surface area contributed by atoms with Gasteiger partial charge >= 0.3 is 17.9 Å². The lowest BCUT2D eigenvalue weighted by atomic mass is 10.2. The molecule has 156 valence electrons. The minimum absolute atomic E-state index is 0.0660. The zero-order valence-electron chi connectivity index (χ0n) is 16.3. The fourth-order valence-corrected chi connectivity index (χ4v) is 2.26. The lowest BCUT2D eigenvalue weighted by Crippen LogP contribution is -2.20. The van der Waals surface area contributed by atoms with Gasteiger partial charge in [-0.2, -0.15) is 0 Å². The summed E-state index contributed by atoms with van der Waals surface area (Å²) in [5.74, 6) is -2.18. The number of pyridine rings is 1. The number of ether oxygens (including phenoxy) is 3. The summed E-state index contributed by atoms with van der Waals surface area (Å²) in [5.41, 5.74) is 0.399. The summed E-state index contributed by atoms with van der Waals surface area (Å²) in [7, 11) is 1.16. The molecule has 1 heterocycles. The van der Waals surface area contributed by atoms with Gasteiger partial charge in [0, 0.05) is 17.4 Å². The number of benzene rings is 1. The topological polar surface area (TPSA) is 104 Å². The SMILES string of the molecule is CCOC(=O)/C(=C/N/C(=C\OC(=O)c1ccc(Cl)cc1)C(=O)OC)c1ccccn1. The first-order valence-corrected chi connectivity index (χ1v) is 9.14. The minimum Gasteiger partial charge on any atom is -0.464 e. The molecule has 1 aromatic heterocycles. The Morgan fingerprint density at radius 2 is 1.83 bits per heavy atom. The lowest BCUT2D eigenvalue weighted by Gasteiger charge is -2.09. The monoisotopic (exact) mass is 430 g/mol. The van der Waals surface area contributed by atoms with Crippen molar-refractivity contribution in [3.8, 4) is 0 Å². The van der Waals surface area contributed by atoms with Crippen LogP contribution in [0.3, 0.4) is 0 Å². The molecule has 0 aliphatic heterocycles. The molecule has 0 atom stereocenters. The van der Waals surface area contributed by atoms with Crippen LogP contribution in [0.2, 0.25) is 5.02 Å². The highest BCUT2D eigenvalue weighted by Crippen LogP contribution is 2.14. The first-order valence-electron chi connectivity index (χ1n) is 8.76. The molecule has 0 aliphatic carbocycles. The Morgan fingerprint density at radius 3 is 2.43 bits per heavy atom. The number of hydrogen-bond donors (Lipinski definition) is 1. The smallest absolute Gasteiger partial charge is 0.357 e. The maximum atomic E-state index is 12.3. The van der Waals surface area contributed by atoms with Gasteiger partial charge in [-0.15, -0.1) is 0 Å². The van der Waals surface area contributed by atoms with E-state index in [9.17, 15) is 14.4 Å². The number of nitrogens with zero attached hydrogens (tertiary/aromatic N) is 1. The van der Waals surface area contributed by atoms with E-state index in [2.05, 4.69) is 15.0 Å². The average Bonchev–Trinajstić information content (AvgIpc) is 2.76. The van der Waals surface area contributed by atoms with E-state index in [1.807, 2.05) is 0 Å². The Balaban J connectivity index is 2.25. The van der Waals surface area contributed by atoms with Gasteiger partial charge < -0.3 is 19.5 Å². The van der Waals surface area contributed by atoms with Crippen LogP contribution in [-0.4, -0.2) is 36.6 Å². The van der Waals surface area contributed by atoms with Gasteiger partial charge in [0.25, 0.3) is 0 Å². The van der Waals surface area contributed by atoms with Crippen molar-refractivity contribution >= 4 is 35.1 Å². The van der Waals surface area contributed by atoms with Crippen LogP contribution in [0.25, 0.3) is 5.57 Å². The summed E-state index contributed by atoms with van der Waals surface area (Å²) in [5, 5.41) is 3.07. The van der Waals surface area contributed by atoms with Gasteiger partial charge in [0.1, 0.15) is 11.8 Å². The van der Waals surface area contributed by atoms with Crippen molar-refractivity contribution in [2.75, 3.05) is 13.7 Å². The van der Waals surface area contributed by atoms with Gasteiger partial charge in [-0.05, 0) is 43.3 Å². The predicted molar refractivity (Wildman–Crippen MR) is 109 cm³/mol. The minimum atomic E-state index is -0.820. The second kappa shape index (κ2) is 11.4. The van der Waals surface area contributed by atoms with Crippen molar-refractivity contribution in [3.63, 3.8) is 0 Å². The number of hydrogen-bond acceptors (Lipinski definition) is 8.